The minimum absolute atomic E-state index is 0.0608. The first kappa shape index (κ1) is 13.6. The largest absolute Gasteiger partial charge is 0.373 e. The SMILES string of the molecule is CNc1cc([N+](=O)[O-])cc(NC2CCCC(C)C2)n1. The summed E-state index contributed by atoms with van der Waals surface area (Å²) in [5.74, 6) is 1.80. The van der Waals surface area contributed by atoms with Gasteiger partial charge in [0.1, 0.15) is 11.6 Å². The molecule has 0 amide bonds. The number of nitrogens with one attached hydrogen (secondary N) is 2. The molecule has 1 aromatic heterocycles. The Morgan fingerprint density at radius 2 is 2.11 bits per heavy atom. The van der Waals surface area contributed by atoms with Crippen LogP contribution < -0.4 is 10.6 Å². The summed E-state index contributed by atoms with van der Waals surface area (Å²) in [5, 5.41) is 17.1. The van der Waals surface area contributed by atoms with Crippen molar-refractivity contribution >= 4 is 17.3 Å². The second-order valence-electron chi connectivity index (χ2n) is 5.22. The van der Waals surface area contributed by atoms with Crippen LogP contribution in [-0.4, -0.2) is 23.0 Å². The highest BCUT2D eigenvalue weighted by Crippen LogP contribution is 2.27. The molecule has 1 aliphatic carbocycles. The van der Waals surface area contributed by atoms with Gasteiger partial charge in [0, 0.05) is 13.1 Å². The van der Waals surface area contributed by atoms with Crippen molar-refractivity contribution in [1.82, 2.24) is 4.98 Å². The molecule has 6 heteroatoms. The van der Waals surface area contributed by atoms with E-state index in [4.69, 9.17) is 0 Å². The molecule has 0 bridgehead atoms. The molecule has 1 aliphatic rings. The smallest absolute Gasteiger partial charge is 0.276 e. The topological polar surface area (TPSA) is 80.1 Å². The van der Waals surface area contributed by atoms with E-state index in [1.54, 1.807) is 7.05 Å². The second kappa shape index (κ2) is 5.86. The van der Waals surface area contributed by atoms with Crippen molar-refractivity contribution in [2.24, 2.45) is 5.92 Å². The quantitative estimate of drug-likeness (QED) is 0.645. The number of hydrogen-bond acceptors (Lipinski definition) is 5. The van der Waals surface area contributed by atoms with Crippen LogP contribution in [0.5, 0.6) is 0 Å². The summed E-state index contributed by atoms with van der Waals surface area (Å²) in [6.07, 6.45) is 4.66. The third kappa shape index (κ3) is 3.56. The van der Waals surface area contributed by atoms with Crippen LogP contribution in [0.4, 0.5) is 17.3 Å². The van der Waals surface area contributed by atoms with Gasteiger partial charge >= 0.3 is 0 Å². The predicted octanol–water partition coefficient (Wildman–Crippen LogP) is 3.02. The highest BCUT2D eigenvalue weighted by molar-refractivity contribution is 5.54. The Hall–Kier alpha value is -1.85. The Bertz CT molecular complexity index is 464. The minimum Gasteiger partial charge on any atom is -0.373 e. The zero-order chi connectivity index (χ0) is 13.8. The number of pyridine rings is 1. The molecule has 104 valence electrons. The van der Waals surface area contributed by atoms with Crippen LogP contribution in [0.25, 0.3) is 0 Å². The lowest BCUT2D eigenvalue weighted by Crippen LogP contribution is -2.26. The summed E-state index contributed by atoms with van der Waals surface area (Å²) in [6, 6.07) is 3.30. The molecule has 19 heavy (non-hydrogen) atoms. The molecule has 0 aromatic carbocycles. The summed E-state index contributed by atoms with van der Waals surface area (Å²) in [5.41, 5.74) is 0.0608. The molecule has 2 N–H and O–H groups in total. The molecule has 1 fully saturated rings. The summed E-state index contributed by atoms with van der Waals surface area (Å²) in [6.45, 7) is 2.24. The normalized spacial score (nSPS) is 22.8. The zero-order valence-corrected chi connectivity index (χ0v) is 11.3. The van der Waals surface area contributed by atoms with Gasteiger partial charge in [-0.3, -0.25) is 10.1 Å². The lowest BCUT2D eigenvalue weighted by molar-refractivity contribution is -0.384. The number of rotatable bonds is 4. The predicted molar refractivity (Wildman–Crippen MR) is 75.5 cm³/mol. The average molecular weight is 264 g/mol. The van der Waals surface area contributed by atoms with E-state index >= 15 is 0 Å². The molecule has 0 radical (unpaired) electrons. The van der Waals surface area contributed by atoms with Crippen molar-refractivity contribution in [3.05, 3.63) is 22.2 Å². The van der Waals surface area contributed by atoms with E-state index in [1.807, 2.05) is 0 Å². The first-order valence-corrected chi connectivity index (χ1v) is 6.69. The molecule has 2 atom stereocenters. The Balaban J connectivity index is 2.14. The fourth-order valence-electron chi connectivity index (χ4n) is 2.60. The molecule has 6 nitrogen and oxygen atoms in total. The van der Waals surface area contributed by atoms with E-state index in [9.17, 15) is 10.1 Å². The number of hydrogen-bond donors (Lipinski definition) is 2. The molecule has 2 unspecified atom stereocenters. The van der Waals surface area contributed by atoms with Gasteiger partial charge in [0.25, 0.3) is 5.69 Å². The Morgan fingerprint density at radius 1 is 1.37 bits per heavy atom. The number of anilines is 2. The number of nitro groups is 1. The summed E-state index contributed by atoms with van der Waals surface area (Å²) >= 11 is 0. The first-order valence-electron chi connectivity index (χ1n) is 6.69. The van der Waals surface area contributed by atoms with Gasteiger partial charge in [0.05, 0.1) is 17.1 Å². The average Bonchev–Trinajstić information content (AvgIpc) is 2.38. The first-order chi connectivity index (χ1) is 9.08. The fourth-order valence-corrected chi connectivity index (χ4v) is 2.60. The number of nitrogens with zero attached hydrogens (tertiary/aromatic N) is 2. The van der Waals surface area contributed by atoms with E-state index in [0.717, 1.165) is 12.8 Å². The molecule has 1 saturated carbocycles. The lowest BCUT2D eigenvalue weighted by Gasteiger charge is -2.27. The zero-order valence-electron chi connectivity index (χ0n) is 11.3. The monoisotopic (exact) mass is 264 g/mol. The summed E-state index contributed by atoms with van der Waals surface area (Å²) in [7, 11) is 1.71. The molecule has 0 saturated heterocycles. The molecular formula is C13H20N4O2. The van der Waals surface area contributed by atoms with E-state index in [2.05, 4.69) is 22.5 Å². The van der Waals surface area contributed by atoms with Gasteiger partial charge in [0.2, 0.25) is 0 Å². The summed E-state index contributed by atoms with van der Waals surface area (Å²) < 4.78 is 0. The van der Waals surface area contributed by atoms with Crippen molar-refractivity contribution in [3.8, 4) is 0 Å². The van der Waals surface area contributed by atoms with Crippen molar-refractivity contribution in [1.29, 1.82) is 0 Å². The molecular weight excluding hydrogens is 244 g/mol. The minimum atomic E-state index is -0.392. The molecule has 0 spiro atoms. The van der Waals surface area contributed by atoms with Crippen LogP contribution in [0, 0.1) is 16.0 Å². The van der Waals surface area contributed by atoms with Crippen LogP contribution in [-0.2, 0) is 0 Å². The Labute approximate surface area is 112 Å². The van der Waals surface area contributed by atoms with Crippen LogP contribution in [0.15, 0.2) is 12.1 Å². The van der Waals surface area contributed by atoms with Crippen LogP contribution >= 0.6 is 0 Å². The second-order valence-corrected chi connectivity index (χ2v) is 5.22. The van der Waals surface area contributed by atoms with Gasteiger partial charge < -0.3 is 10.6 Å². The van der Waals surface area contributed by atoms with Gasteiger partial charge in [0.15, 0.2) is 0 Å². The van der Waals surface area contributed by atoms with Gasteiger partial charge in [-0.25, -0.2) is 4.98 Å². The fraction of sp³-hybridized carbons (Fsp3) is 0.615. The van der Waals surface area contributed by atoms with E-state index in [1.165, 1.54) is 25.0 Å². The van der Waals surface area contributed by atoms with Crippen LogP contribution in [0.3, 0.4) is 0 Å². The summed E-state index contributed by atoms with van der Waals surface area (Å²) in [4.78, 5) is 14.8. The molecule has 1 aromatic rings. The highest BCUT2D eigenvalue weighted by Gasteiger charge is 2.20. The third-order valence-electron chi connectivity index (χ3n) is 3.57. The van der Waals surface area contributed by atoms with Crippen molar-refractivity contribution in [2.75, 3.05) is 17.7 Å². The molecule has 2 rings (SSSR count). The standard InChI is InChI=1S/C13H20N4O2/c1-9-4-3-5-10(6-9)15-13-8-11(17(18)19)7-12(14-2)16-13/h7-10H,3-6H2,1-2H3,(H2,14,15,16). The van der Waals surface area contributed by atoms with Crippen LogP contribution in [0.2, 0.25) is 0 Å². The van der Waals surface area contributed by atoms with Crippen molar-refractivity contribution < 1.29 is 4.92 Å². The van der Waals surface area contributed by atoms with E-state index in [0.29, 0.717) is 23.6 Å². The van der Waals surface area contributed by atoms with Gasteiger partial charge in [-0.15, -0.1) is 0 Å². The van der Waals surface area contributed by atoms with Gasteiger partial charge in [-0.05, 0) is 18.8 Å². The van der Waals surface area contributed by atoms with Gasteiger partial charge in [-0.1, -0.05) is 19.8 Å². The lowest BCUT2D eigenvalue weighted by atomic mass is 9.87. The van der Waals surface area contributed by atoms with Gasteiger partial charge in [-0.2, -0.15) is 0 Å². The Kier molecular flexibility index (Phi) is 4.19. The number of aromatic nitrogens is 1. The van der Waals surface area contributed by atoms with E-state index < -0.39 is 4.92 Å². The maximum atomic E-state index is 10.9. The highest BCUT2D eigenvalue weighted by atomic mass is 16.6. The van der Waals surface area contributed by atoms with Crippen LogP contribution in [0.1, 0.15) is 32.6 Å². The maximum Gasteiger partial charge on any atom is 0.276 e. The maximum absolute atomic E-state index is 10.9. The Morgan fingerprint density at radius 3 is 2.74 bits per heavy atom. The van der Waals surface area contributed by atoms with Crippen molar-refractivity contribution in [2.45, 2.75) is 38.6 Å². The van der Waals surface area contributed by atoms with Crippen molar-refractivity contribution in [3.63, 3.8) is 0 Å². The molecule has 1 heterocycles. The van der Waals surface area contributed by atoms with E-state index in [-0.39, 0.29) is 5.69 Å². The third-order valence-corrected chi connectivity index (χ3v) is 3.57. The molecule has 0 aliphatic heterocycles.